The number of nitrogens with zero attached hydrogens (tertiary/aromatic N) is 1. The molecule has 0 spiro atoms. The second kappa shape index (κ2) is 9.57. The lowest BCUT2D eigenvalue weighted by Crippen LogP contribution is -2.41. The van der Waals surface area contributed by atoms with Gasteiger partial charge in [0.05, 0.1) is 16.6 Å². The third-order valence-electron chi connectivity index (χ3n) is 6.01. The molecule has 1 aliphatic rings. The zero-order valence-electron chi connectivity index (χ0n) is 18.7. The van der Waals surface area contributed by atoms with Crippen LogP contribution in [0, 0.1) is 6.92 Å². The summed E-state index contributed by atoms with van der Waals surface area (Å²) in [4.78, 5) is 13.1. The normalized spacial score (nSPS) is 13.9. The van der Waals surface area contributed by atoms with Crippen molar-refractivity contribution in [3.8, 4) is 0 Å². The Bertz CT molecular complexity index is 1260. The van der Waals surface area contributed by atoms with E-state index in [1.54, 1.807) is 48.5 Å². The molecular formula is C26H27ClN2O3S. The molecular weight excluding hydrogens is 456 g/mol. The van der Waals surface area contributed by atoms with Gasteiger partial charge in [-0.1, -0.05) is 47.5 Å². The van der Waals surface area contributed by atoms with Crippen molar-refractivity contribution in [1.29, 1.82) is 0 Å². The predicted molar refractivity (Wildman–Crippen MR) is 132 cm³/mol. The minimum atomic E-state index is -3.96. The molecule has 0 heterocycles. The Hall–Kier alpha value is -2.83. The zero-order chi connectivity index (χ0) is 23.6. The van der Waals surface area contributed by atoms with Crippen LogP contribution in [0.3, 0.4) is 0 Å². The summed E-state index contributed by atoms with van der Waals surface area (Å²) in [6.45, 7) is 3.46. The van der Waals surface area contributed by atoms with E-state index in [1.807, 2.05) is 19.9 Å². The maximum Gasteiger partial charge on any atom is 0.264 e. The standard InChI is InChI=1S/C26H27ClN2O3S/c1-18-6-14-25(15-7-18)33(31,32)29(24-12-10-23(27)11-13-24)17-26(30)28-19(2)21-9-8-20-4-3-5-22(20)16-21/h6-16,19H,3-5,17H2,1-2H3,(H,28,30)/t19-/m1/s1. The Balaban J connectivity index is 1.57. The summed E-state index contributed by atoms with van der Waals surface area (Å²) < 4.78 is 28.0. The van der Waals surface area contributed by atoms with E-state index in [9.17, 15) is 13.2 Å². The van der Waals surface area contributed by atoms with Crippen LogP contribution in [0.25, 0.3) is 0 Å². The number of rotatable bonds is 7. The van der Waals surface area contributed by atoms with Crippen molar-refractivity contribution in [2.24, 2.45) is 0 Å². The van der Waals surface area contributed by atoms with Crippen LogP contribution in [0.5, 0.6) is 0 Å². The minimum absolute atomic E-state index is 0.127. The molecule has 33 heavy (non-hydrogen) atoms. The SMILES string of the molecule is Cc1ccc(S(=O)(=O)N(CC(=O)N[C@H](C)c2ccc3c(c2)CCC3)c2ccc(Cl)cc2)cc1. The maximum absolute atomic E-state index is 13.5. The molecule has 0 unspecified atom stereocenters. The summed E-state index contributed by atoms with van der Waals surface area (Å²) in [5.41, 5.74) is 5.05. The molecule has 0 fully saturated rings. The van der Waals surface area contributed by atoms with Crippen LogP contribution >= 0.6 is 11.6 Å². The fraction of sp³-hybridized carbons (Fsp3) is 0.269. The monoisotopic (exact) mass is 482 g/mol. The smallest absolute Gasteiger partial charge is 0.264 e. The number of carbonyl (C=O) groups is 1. The fourth-order valence-electron chi connectivity index (χ4n) is 4.12. The molecule has 0 aromatic heterocycles. The van der Waals surface area contributed by atoms with Gasteiger partial charge in [-0.2, -0.15) is 0 Å². The molecule has 4 rings (SSSR count). The zero-order valence-corrected chi connectivity index (χ0v) is 20.3. The molecule has 172 valence electrons. The van der Waals surface area contributed by atoms with Gasteiger partial charge in [0, 0.05) is 5.02 Å². The largest absolute Gasteiger partial charge is 0.348 e. The second-order valence-corrected chi connectivity index (χ2v) is 10.8. The molecule has 0 aliphatic heterocycles. The molecule has 1 amide bonds. The average molecular weight is 483 g/mol. The molecule has 3 aromatic carbocycles. The molecule has 7 heteroatoms. The number of nitrogens with one attached hydrogen (secondary N) is 1. The highest BCUT2D eigenvalue weighted by Gasteiger charge is 2.28. The summed E-state index contributed by atoms with van der Waals surface area (Å²) in [7, 11) is -3.96. The number of benzene rings is 3. The molecule has 0 saturated carbocycles. The lowest BCUT2D eigenvalue weighted by molar-refractivity contribution is -0.120. The van der Waals surface area contributed by atoms with Crippen LogP contribution in [-0.4, -0.2) is 20.9 Å². The Kier molecular flexibility index (Phi) is 6.77. The number of amides is 1. The van der Waals surface area contributed by atoms with E-state index in [0.29, 0.717) is 10.7 Å². The number of fused-ring (bicyclic) bond motifs is 1. The molecule has 0 bridgehead atoms. The topological polar surface area (TPSA) is 66.5 Å². The first kappa shape index (κ1) is 23.3. The van der Waals surface area contributed by atoms with Crippen LogP contribution in [0.1, 0.15) is 41.6 Å². The first-order chi connectivity index (χ1) is 15.7. The summed E-state index contributed by atoms with van der Waals surface area (Å²) in [5.74, 6) is -0.381. The summed E-state index contributed by atoms with van der Waals surface area (Å²) in [6.07, 6.45) is 3.32. The van der Waals surface area contributed by atoms with Crippen LogP contribution in [0.4, 0.5) is 5.69 Å². The molecule has 1 N–H and O–H groups in total. The highest BCUT2D eigenvalue weighted by molar-refractivity contribution is 7.92. The summed E-state index contributed by atoms with van der Waals surface area (Å²) in [5, 5.41) is 3.45. The van der Waals surface area contributed by atoms with Gasteiger partial charge in [-0.15, -0.1) is 0 Å². The van der Waals surface area contributed by atoms with Crippen molar-refractivity contribution in [2.75, 3.05) is 10.8 Å². The first-order valence-electron chi connectivity index (χ1n) is 11.0. The Labute approximate surface area is 200 Å². The predicted octanol–water partition coefficient (Wildman–Crippen LogP) is 5.21. The third-order valence-corrected chi connectivity index (χ3v) is 8.05. The van der Waals surface area contributed by atoms with E-state index < -0.39 is 10.0 Å². The quantitative estimate of drug-likeness (QED) is 0.502. The number of hydrogen-bond donors (Lipinski definition) is 1. The number of aryl methyl sites for hydroxylation is 3. The van der Waals surface area contributed by atoms with Crippen LogP contribution < -0.4 is 9.62 Å². The maximum atomic E-state index is 13.5. The van der Waals surface area contributed by atoms with Crippen LogP contribution in [-0.2, 0) is 27.7 Å². The molecule has 0 radical (unpaired) electrons. The van der Waals surface area contributed by atoms with E-state index in [0.717, 1.165) is 34.7 Å². The Morgan fingerprint density at radius 3 is 2.36 bits per heavy atom. The van der Waals surface area contributed by atoms with Gasteiger partial charge >= 0.3 is 0 Å². The van der Waals surface area contributed by atoms with Crippen molar-refractivity contribution < 1.29 is 13.2 Å². The van der Waals surface area contributed by atoms with E-state index in [1.165, 1.54) is 11.1 Å². The van der Waals surface area contributed by atoms with Gasteiger partial charge in [0.1, 0.15) is 6.54 Å². The average Bonchev–Trinajstić information content (AvgIpc) is 3.26. The molecule has 0 saturated heterocycles. The molecule has 3 aromatic rings. The van der Waals surface area contributed by atoms with Gasteiger partial charge < -0.3 is 5.32 Å². The Morgan fingerprint density at radius 1 is 1.00 bits per heavy atom. The fourth-order valence-corrected chi connectivity index (χ4v) is 5.67. The highest BCUT2D eigenvalue weighted by Crippen LogP contribution is 2.27. The lowest BCUT2D eigenvalue weighted by atomic mass is 10.0. The van der Waals surface area contributed by atoms with Crippen molar-refractivity contribution in [3.05, 3.63) is 94.0 Å². The lowest BCUT2D eigenvalue weighted by Gasteiger charge is -2.25. The van der Waals surface area contributed by atoms with Gasteiger partial charge in [-0.25, -0.2) is 8.42 Å². The summed E-state index contributed by atoms with van der Waals surface area (Å²) >= 11 is 6.00. The van der Waals surface area contributed by atoms with E-state index >= 15 is 0 Å². The van der Waals surface area contributed by atoms with Gasteiger partial charge in [0.25, 0.3) is 10.0 Å². The molecule has 5 nitrogen and oxygen atoms in total. The number of sulfonamides is 1. The molecule has 1 atom stereocenters. The van der Waals surface area contributed by atoms with Gasteiger partial charge in [-0.05, 0) is 86.2 Å². The number of halogens is 1. The second-order valence-electron chi connectivity index (χ2n) is 8.47. The van der Waals surface area contributed by atoms with Crippen molar-refractivity contribution in [2.45, 2.75) is 44.0 Å². The Morgan fingerprint density at radius 2 is 1.67 bits per heavy atom. The van der Waals surface area contributed by atoms with Gasteiger partial charge in [0.15, 0.2) is 0 Å². The van der Waals surface area contributed by atoms with E-state index in [2.05, 4.69) is 17.4 Å². The minimum Gasteiger partial charge on any atom is -0.348 e. The highest BCUT2D eigenvalue weighted by atomic mass is 35.5. The van der Waals surface area contributed by atoms with E-state index in [-0.39, 0.29) is 23.4 Å². The van der Waals surface area contributed by atoms with Crippen molar-refractivity contribution in [1.82, 2.24) is 5.32 Å². The number of hydrogen-bond acceptors (Lipinski definition) is 3. The number of anilines is 1. The van der Waals surface area contributed by atoms with E-state index in [4.69, 9.17) is 11.6 Å². The van der Waals surface area contributed by atoms with Crippen molar-refractivity contribution in [3.63, 3.8) is 0 Å². The van der Waals surface area contributed by atoms with Gasteiger partial charge in [0.2, 0.25) is 5.91 Å². The van der Waals surface area contributed by atoms with Crippen molar-refractivity contribution >= 4 is 33.2 Å². The number of carbonyl (C=O) groups excluding carboxylic acids is 1. The van der Waals surface area contributed by atoms with Gasteiger partial charge in [-0.3, -0.25) is 9.10 Å². The summed E-state index contributed by atoms with van der Waals surface area (Å²) in [6, 6.07) is 19.1. The molecule has 1 aliphatic carbocycles. The third kappa shape index (κ3) is 5.23. The first-order valence-corrected chi connectivity index (χ1v) is 12.8. The van der Waals surface area contributed by atoms with Crippen LogP contribution in [0.2, 0.25) is 5.02 Å². The van der Waals surface area contributed by atoms with Crippen LogP contribution in [0.15, 0.2) is 71.6 Å².